The van der Waals surface area contributed by atoms with Gasteiger partial charge in [0.2, 0.25) is 0 Å². The Morgan fingerprint density at radius 2 is 1.66 bits per heavy atom. The molecular formula is C23H23N3O3. The molecule has 0 radical (unpaired) electrons. The number of amides is 2. The number of methoxy groups -OCH3 is 1. The third-order valence-electron chi connectivity index (χ3n) is 4.46. The normalized spacial score (nSPS) is 10.3. The quantitative estimate of drug-likeness (QED) is 0.650. The first-order valence-corrected chi connectivity index (χ1v) is 9.26. The zero-order valence-electron chi connectivity index (χ0n) is 16.4. The number of carbonyl (C=O) groups is 2. The fourth-order valence-electron chi connectivity index (χ4n) is 2.80. The molecule has 0 saturated carbocycles. The summed E-state index contributed by atoms with van der Waals surface area (Å²) in [6.45, 7) is 2.72. The highest BCUT2D eigenvalue weighted by molar-refractivity contribution is 5.98. The second kappa shape index (κ2) is 9.50. The van der Waals surface area contributed by atoms with Gasteiger partial charge in [-0.25, -0.2) is 0 Å². The minimum absolute atomic E-state index is 0.196. The van der Waals surface area contributed by atoms with Gasteiger partial charge in [0, 0.05) is 30.4 Å². The smallest absolute Gasteiger partial charge is 0.270 e. The molecule has 148 valence electrons. The third kappa shape index (κ3) is 5.42. The SMILES string of the molecule is COc1ccccc1CNC(=O)c1ccnc(C(=O)NCc2ccc(C)cc2)c1. The molecule has 0 aliphatic rings. The summed E-state index contributed by atoms with van der Waals surface area (Å²) in [6.07, 6.45) is 1.46. The van der Waals surface area contributed by atoms with Gasteiger partial charge >= 0.3 is 0 Å². The molecule has 0 aliphatic heterocycles. The van der Waals surface area contributed by atoms with Gasteiger partial charge in [-0.1, -0.05) is 48.0 Å². The van der Waals surface area contributed by atoms with Crippen LogP contribution in [-0.2, 0) is 13.1 Å². The molecule has 0 spiro atoms. The minimum atomic E-state index is -0.329. The molecule has 3 aromatic rings. The number of para-hydroxylation sites is 1. The highest BCUT2D eigenvalue weighted by atomic mass is 16.5. The van der Waals surface area contributed by atoms with Gasteiger partial charge < -0.3 is 15.4 Å². The van der Waals surface area contributed by atoms with Gasteiger partial charge in [0.15, 0.2) is 0 Å². The molecule has 6 nitrogen and oxygen atoms in total. The summed E-state index contributed by atoms with van der Waals surface area (Å²) in [5.41, 5.74) is 3.59. The van der Waals surface area contributed by atoms with Gasteiger partial charge in [-0.15, -0.1) is 0 Å². The second-order valence-electron chi connectivity index (χ2n) is 6.59. The van der Waals surface area contributed by atoms with Crippen LogP contribution in [0.15, 0.2) is 66.9 Å². The Balaban J connectivity index is 1.61. The number of nitrogens with one attached hydrogen (secondary N) is 2. The van der Waals surface area contributed by atoms with Crippen molar-refractivity contribution in [2.45, 2.75) is 20.0 Å². The number of nitrogens with zero attached hydrogens (tertiary/aromatic N) is 1. The molecule has 0 unspecified atom stereocenters. The van der Waals surface area contributed by atoms with E-state index in [-0.39, 0.29) is 17.5 Å². The zero-order valence-corrected chi connectivity index (χ0v) is 16.4. The Morgan fingerprint density at radius 1 is 0.931 bits per heavy atom. The topological polar surface area (TPSA) is 80.3 Å². The lowest BCUT2D eigenvalue weighted by Gasteiger charge is -2.10. The van der Waals surface area contributed by atoms with E-state index in [0.717, 1.165) is 16.7 Å². The number of hydrogen-bond acceptors (Lipinski definition) is 4. The largest absolute Gasteiger partial charge is 0.496 e. The van der Waals surface area contributed by atoms with Crippen LogP contribution in [0.5, 0.6) is 5.75 Å². The van der Waals surface area contributed by atoms with Crippen molar-refractivity contribution in [3.05, 3.63) is 94.8 Å². The summed E-state index contributed by atoms with van der Waals surface area (Å²) in [7, 11) is 1.59. The van der Waals surface area contributed by atoms with Gasteiger partial charge in [-0.05, 0) is 30.7 Å². The lowest BCUT2D eigenvalue weighted by molar-refractivity contribution is 0.0946. The van der Waals surface area contributed by atoms with Crippen LogP contribution in [0.2, 0.25) is 0 Å². The van der Waals surface area contributed by atoms with Crippen LogP contribution in [0.4, 0.5) is 0 Å². The predicted molar refractivity (Wildman–Crippen MR) is 111 cm³/mol. The first-order valence-electron chi connectivity index (χ1n) is 9.26. The molecule has 2 N–H and O–H groups in total. The van der Waals surface area contributed by atoms with Crippen LogP contribution in [0.25, 0.3) is 0 Å². The number of hydrogen-bond donors (Lipinski definition) is 2. The van der Waals surface area contributed by atoms with Gasteiger partial charge in [0.25, 0.3) is 11.8 Å². The number of aryl methyl sites for hydroxylation is 1. The Morgan fingerprint density at radius 3 is 2.41 bits per heavy atom. The Bertz CT molecular complexity index is 1000. The summed E-state index contributed by atoms with van der Waals surface area (Å²) >= 11 is 0. The number of pyridine rings is 1. The van der Waals surface area contributed by atoms with Crippen molar-refractivity contribution in [2.75, 3.05) is 7.11 Å². The zero-order chi connectivity index (χ0) is 20.6. The van der Waals surface area contributed by atoms with E-state index < -0.39 is 0 Å². The number of rotatable bonds is 7. The molecule has 2 amide bonds. The van der Waals surface area contributed by atoms with Crippen molar-refractivity contribution in [3.8, 4) is 5.75 Å². The molecule has 0 saturated heterocycles. The summed E-state index contributed by atoms with van der Waals surface area (Å²) < 4.78 is 5.29. The highest BCUT2D eigenvalue weighted by Gasteiger charge is 2.12. The van der Waals surface area contributed by atoms with Crippen molar-refractivity contribution in [3.63, 3.8) is 0 Å². The third-order valence-corrected chi connectivity index (χ3v) is 4.46. The van der Waals surface area contributed by atoms with E-state index in [4.69, 9.17) is 4.74 Å². The monoisotopic (exact) mass is 389 g/mol. The highest BCUT2D eigenvalue weighted by Crippen LogP contribution is 2.17. The maximum Gasteiger partial charge on any atom is 0.270 e. The molecule has 29 heavy (non-hydrogen) atoms. The van der Waals surface area contributed by atoms with Crippen molar-refractivity contribution >= 4 is 11.8 Å². The average molecular weight is 389 g/mol. The van der Waals surface area contributed by atoms with Gasteiger partial charge in [0.1, 0.15) is 11.4 Å². The predicted octanol–water partition coefficient (Wildman–Crippen LogP) is 3.26. The van der Waals surface area contributed by atoms with E-state index in [9.17, 15) is 9.59 Å². The summed E-state index contributed by atoms with van der Waals surface area (Å²) in [5, 5.41) is 5.66. The van der Waals surface area contributed by atoms with Crippen molar-refractivity contribution < 1.29 is 14.3 Å². The van der Waals surface area contributed by atoms with E-state index >= 15 is 0 Å². The number of aromatic nitrogens is 1. The van der Waals surface area contributed by atoms with E-state index in [0.29, 0.717) is 24.4 Å². The fourth-order valence-corrected chi connectivity index (χ4v) is 2.80. The van der Waals surface area contributed by atoms with Crippen LogP contribution < -0.4 is 15.4 Å². The number of ether oxygens (including phenoxy) is 1. The van der Waals surface area contributed by atoms with Crippen LogP contribution >= 0.6 is 0 Å². The van der Waals surface area contributed by atoms with Crippen molar-refractivity contribution in [1.29, 1.82) is 0 Å². The standard InChI is InChI=1S/C23H23N3O3/c1-16-7-9-17(10-8-16)14-25-23(28)20-13-18(11-12-24-20)22(27)26-15-19-5-3-4-6-21(19)29-2/h3-13H,14-15H2,1-2H3,(H,25,28)(H,26,27). The molecule has 0 bridgehead atoms. The molecule has 0 atom stereocenters. The molecule has 2 aromatic carbocycles. The summed E-state index contributed by atoms with van der Waals surface area (Å²) in [4.78, 5) is 29.0. The van der Waals surface area contributed by atoms with Crippen LogP contribution in [0.1, 0.15) is 37.5 Å². The van der Waals surface area contributed by atoms with E-state index in [1.54, 1.807) is 13.2 Å². The fraction of sp³-hybridized carbons (Fsp3) is 0.174. The van der Waals surface area contributed by atoms with Crippen molar-refractivity contribution in [1.82, 2.24) is 15.6 Å². The van der Waals surface area contributed by atoms with E-state index in [1.165, 1.54) is 12.3 Å². The first kappa shape index (κ1) is 20.1. The van der Waals surface area contributed by atoms with Crippen LogP contribution in [0, 0.1) is 6.92 Å². The van der Waals surface area contributed by atoms with Gasteiger partial charge in [-0.2, -0.15) is 0 Å². The maximum atomic E-state index is 12.5. The maximum absolute atomic E-state index is 12.5. The average Bonchev–Trinajstić information content (AvgIpc) is 2.77. The van der Waals surface area contributed by atoms with E-state index in [1.807, 2.05) is 55.5 Å². The number of benzene rings is 2. The molecule has 6 heteroatoms. The Labute approximate surface area is 169 Å². The molecule has 0 fully saturated rings. The molecule has 0 aliphatic carbocycles. The lowest BCUT2D eigenvalue weighted by Crippen LogP contribution is -2.26. The molecule has 1 aromatic heterocycles. The van der Waals surface area contributed by atoms with Gasteiger partial charge in [-0.3, -0.25) is 14.6 Å². The van der Waals surface area contributed by atoms with Crippen LogP contribution in [0.3, 0.4) is 0 Å². The number of carbonyl (C=O) groups excluding carboxylic acids is 2. The molecular weight excluding hydrogens is 366 g/mol. The summed E-state index contributed by atoms with van der Waals surface area (Å²) in [6, 6.07) is 18.5. The molecule has 1 heterocycles. The molecule has 3 rings (SSSR count). The van der Waals surface area contributed by atoms with Crippen LogP contribution in [-0.4, -0.2) is 23.9 Å². The van der Waals surface area contributed by atoms with Crippen molar-refractivity contribution in [2.24, 2.45) is 0 Å². The minimum Gasteiger partial charge on any atom is -0.496 e. The second-order valence-corrected chi connectivity index (χ2v) is 6.59. The summed E-state index contributed by atoms with van der Waals surface area (Å²) in [5.74, 6) is 0.0922. The Kier molecular flexibility index (Phi) is 6.58. The van der Waals surface area contributed by atoms with Gasteiger partial charge in [0.05, 0.1) is 7.11 Å². The lowest BCUT2D eigenvalue weighted by atomic mass is 10.1. The first-order chi connectivity index (χ1) is 14.1. The Hall–Kier alpha value is -3.67. The van der Waals surface area contributed by atoms with E-state index in [2.05, 4.69) is 15.6 Å².